The maximum Gasteiger partial charge on any atom is 0.294 e. The number of nitrogens with one attached hydrogen (secondary N) is 1. The van der Waals surface area contributed by atoms with Gasteiger partial charge in [0.25, 0.3) is 11.1 Å². The molecule has 3 aromatic rings. The van der Waals surface area contributed by atoms with E-state index in [0.29, 0.717) is 48.3 Å². The molecule has 8 nitrogen and oxygen atoms in total. The number of para-hydroxylation sites is 1. The van der Waals surface area contributed by atoms with E-state index in [1.165, 1.54) is 0 Å². The van der Waals surface area contributed by atoms with Crippen molar-refractivity contribution in [1.82, 2.24) is 4.90 Å². The van der Waals surface area contributed by atoms with E-state index in [2.05, 4.69) is 5.32 Å². The van der Waals surface area contributed by atoms with Gasteiger partial charge in [0.15, 0.2) is 11.5 Å². The van der Waals surface area contributed by atoms with E-state index >= 15 is 0 Å². The monoisotopic (exact) mass is 502 g/mol. The molecule has 0 aromatic heterocycles. The number of hydrogen-bond acceptors (Lipinski definition) is 7. The van der Waals surface area contributed by atoms with Crippen LogP contribution in [0.15, 0.2) is 77.7 Å². The van der Waals surface area contributed by atoms with E-state index in [1.807, 2.05) is 48.5 Å². The third-order valence-corrected chi connectivity index (χ3v) is 6.35. The molecule has 1 N–H and O–H groups in total. The van der Waals surface area contributed by atoms with Crippen molar-refractivity contribution in [3.63, 3.8) is 0 Å². The molecular weight excluding hydrogens is 480 g/mol. The molecule has 2 heterocycles. The van der Waals surface area contributed by atoms with E-state index < -0.39 is 23.6 Å². The minimum absolute atomic E-state index is 0.225. The first-order chi connectivity index (χ1) is 17.6. The van der Waals surface area contributed by atoms with Gasteiger partial charge < -0.3 is 19.5 Å². The zero-order valence-electron chi connectivity index (χ0n) is 19.1. The molecule has 0 radical (unpaired) electrons. The molecule has 0 atom stereocenters. The van der Waals surface area contributed by atoms with Gasteiger partial charge in [-0.05, 0) is 41.6 Å². The van der Waals surface area contributed by atoms with Gasteiger partial charge in [-0.25, -0.2) is 0 Å². The number of fused-ring (bicyclic) bond motifs is 1. The lowest BCUT2D eigenvalue weighted by atomic mass is 10.1. The van der Waals surface area contributed by atoms with Gasteiger partial charge in [0.2, 0.25) is 5.91 Å². The third kappa shape index (κ3) is 5.36. The molecule has 36 heavy (non-hydrogen) atoms. The first-order valence-corrected chi connectivity index (χ1v) is 12.1. The summed E-state index contributed by atoms with van der Waals surface area (Å²) in [6.45, 7) is 0.860. The number of nitrogens with zero attached hydrogens (tertiary/aromatic N) is 1. The highest BCUT2D eigenvalue weighted by Gasteiger charge is 2.36. The van der Waals surface area contributed by atoms with Crippen LogP contribution in [-0.2, 0) is 16.2 Å². The number of benzene rings is 3. The fourth-order valence-corrected chi connectivity index (χ4v) is 4.54. The van der Waals surface area contributed by atoms with Crippen LogP contribution >= 0.6 is 11.8 Å². The minimum Gasteiger partial charge on any atom is -0.488 e. The Labute approximate surface area is 211 Å². The standard InChI is InChI=1S/C27H22N2O6S/c30-25(28-20-10-11-22-23(15-20)34-13-12-33-22)16-29-26(31)24(36-27(29)32)14-19-8-4-5-9-21(19)35-17-18-6-2-1-3-7-18/h1-11,14-15H,12-13,16-17H2,(H,28,30)/b24-14+. The summed E-state index contributed by atoms with van der Waals surface area (Å²) < 4.78 is 16.9. The van der Waals surface area contributed by atoms with Crippen LogP contribution in [0.1, 0.15) is 11.1 Å². The Bertz CT molecular complexity index is 1340. The summed E-state index contributed by atoms with van der Waals surface area (Å²) in [6, 6.07) is 22.0. The van der Waals surface area contributed by atoms with Gasteiger partial charge >= 0.3 is 0 Å². The number of rotatable bonds is 7. The minimum atomic E-state index is -0.528. The topological polar surface area (TPSA) is 94.2 Å². The number of carbonyl (C=O) groups is 3. The van der Waals surface area contributed by atoms with Crippen LogP contribution in [0.5, 0.6) is 17.2 Å². The predicted octanol–water partition coefficient (Wildman–Crippen LogP) is 4.71. The van der Waals surface area contributed by atoms with E-state index in [4.69, 9.17) is 14.2 Å². The van der Waals surface area contributed by atoms with E-state index in [1.54, 1.807) is 30.3 Å². The predicted molar refractivity (Wildman–Crippen MR) is 136 cm³/mol. The second-order valence-corrected chi connectivity index (χ2v) is 8.98. The van der Waals surface area contributed by atoms with Gasteiger partial charge in [0.05, 0.1) is 4.91 Å². The van der Waals surface area contributed by atoms with Crippen molar-refractivity contribution in [2.75, 3.05) is 25.1 Å². The van der Waals surface area contributed by atoms with Gasteiger partial charge in [0.1, 0.15) is 32.1 Å². The Morgan fingerprint density at radius 1 is 0.972 bits per heavy atom. The molecule has 5 rings (SSSR count). The zero-order chi connectivity index (χ0) is 24.9. The quantitative estimate of drug-likeness (QED) is 0.468. The highest BCUT2D eigenvalue weighted by molar-refractivity contribution is 8.18. The van der Waals surface area contributed by atoms with Crippen LogP contribution in [-0.4, -0.2) is 41.7 Å². The summed E-state index contributed by atoms with van der Waals surface area (Å²) in [5.41, 5.74) is 2.16. The second-order valence-electron chi connectivity index (χ2n) is 7.99. The molecule has 9 heteroatoms. The van der Waals surface area contributed by atoms with Crippen molar-refractivity contribution in [3.8, 4) is 17.2 Å². The number of carbonyl (C=O) groups excluding carboxylic acids is 3. The summed E-state index contributed by atoms with van der Waals surface area (Å²) in [5, 5.41) is 2.19. The second kappa shape index (κ2) is 10.6. The molecule has 2 aliphatic rings. The van der Waals surface area contributed by atoms with Crippen molar-refractivity contribution < 1.29 is 28.6 Å². The van der Waals surface area contributed by atoms with Crippen LogP contribution < -0.4 is 19.5 Å². The summed E-state index contributed by atoms with van der Waals surface area (Å²) in [5.74, 6) is 0.691. The Morgan fingerprint density at radius 3 is 2.56 bits per heavy atom. The molecule has 1 fully saturated rings. The van der Waals surface area contributed by atoms with Crippen molar-refractivity contribution in [1.29, 1.82) is 0 Å². The van der Waals surface area contributed by atoms with Crippen molar-refractivity contribution in [2.24, 2.45) is 0 Å². The third-order valence-electron chi connectivity index (χ3n) is 5.44. The highest BCUT2D eigenvalue weighted by atomic mass is 32.2. The average molecular weight is 503 g/mol. The largest absolute Gasteiger partial charge is 0.488 e. The summed E-state index contributed by atoms with van der Waals surface area (Å²) in [7, 11) is 0. The normalized spacial score (nSPS) is 15.8. The average Bonchev–Trinajstić information content (AvgIpc) is 3.16. The number of imide groups is 1. The van der Waals surface area contributed by atoms with Crippen molar-refractivity contribution >= 4 is 40.6 Å². The smallest absolute Gasteiger partial charge is 0.294 e. The summed E-state index contributed by atoms with van der Waals surface area (Å²) >= 11 is 0.793. The van der Waals surface area contributed by atoms with E-state index in [9.17, 15) is 14.4 Å². The molecule has 0 unspecified atom stereocenters. The Hall–Kier alpha value is -4.24. The van der Waals surface area contributed by atoms with Gasteiger partial charge in [-0.15, -0.1) is 0 Å². The molecule has 0 spiro atoms. The van der Waals surface area contributed by atoms with Gasteiger partial charge in [0, 0.05) is 17.3 Å². The number of amides is 3. The number of hydrogen-bond donors (Lipinski definition) is 1. The summed E-state index contributed by atoms with van der Waals surface area (Å²) in [4.78, 5) is 39.2. The molecule has 2 aliphatic heterocycles. The van der Waals surface area contributed by atoms with Crippen LogP contribution in [0.4, 0.5) is 10.5 Å². The van der Waals surface area contributed by atoms with Crippen LogP contribution in [0.2, 0.25) is 0 Å². The Kier molecular flexibility index (Phi) is 6.90. The maximum absolute atomic E-state index is 12.9. The SMILES string of the molecule is O=C(CN1C(=O)S/C(=C/c2ccccc2OCc2ccccc2)C1=O)Nc1ccc2c(c1)OCCO2. The van der Waals surface area contributed by atoms with Crippen LogP contribution in [0, 0.1) is 0 Å². The molecule has 0 aliphatic carbocycles. The van der Waals surface area contributed by atoms with Crippen molar-refractivity contribution in [2.45, 2.75) is 6.61 Å². The fourth-order valence-electron chi connectivity index (χ4n) is 3.71. The van der Waals surface area contributed by atoms with Gasteiger partial charge in [-0.1, -0.05) is 48.5 Å². The number of ether oxygens (including phenoxy) is 3. The lowest BCUT2D eigenvalue weighted by molar-refractivity contribution is -0.127. The molecule has 0 saturated carbocycles. The maximum atomic E-state index is 12.9. The molecule has 3 amide bonds. The molecule has 0 bridgehead atoms. The first-order valence-electron chi connectivity index (χ1n) is 11.3. The molecule has 182 valence electrons. The first kappa shape index (κ1) is 23.5. The summed E-state index contributed by atoms with van der Waals surface area (Å²) in [6.07, 6.45) is 1.62. The van der Waals surface area contributed by atoms with E-state index in [0.717, 1.165) is 22.2 Å². The molecule has 1 saturated heterocycles. The fraction of sp³-hybridized carbons (Fsp3) is 0.148. The lowest BCUT2D eigenvalue weighted by Gasteiger charge is -2.19. The van der Waals surface area contributed by atoms with Crippen LogP contribution in [0.25, 0.3) is 6.08 Å². The van der Waals surface area contributed by atoms with E-state index in [-0.39, 0.29) is 4.91 Å². The Balaban J connectivity index is 1.25. The number of thioether (sulfide) groups is 1. The van der Waals surface area contributed by atoms with Crippen molar-refractivity contribution in [3.05, 3.63) is 88.8 Å². The van der Waals surface area contributed by atoms with Gasteiger partial charge in [-0.2, -0.15) is 0 Å². The highest BCUT2D eigenvalue weighted by Crippen LogP contribution is 2.35. The zero-order valence-corrected chi connectivity index (χ0v) is 20.0. The number of anilines is 1. The van der Waals surface area contributed by atoms with Crippen LogP contribution in [0.3, 0.4) is 0 Å². The Morgan fingerprint density at radius 2 is 1.72 bits per heavy atom. The van der Waals surface area contributed by atoms with Gasteiger partial charge in [-0.3, -0.25) is 19.3 Å². The molecule has 3 aromatic carbocycles. The molecular formula is C27H22N2O6S. The lowest BCUT2D eigenvalue weighted by Crippen LogP contribution is -2.36.